The van der Waals surface area contributed by atoms with Crippen molar-refractivity contribution in [2.75, 3.05) is 32.8 Å². The van der Waals surface area contributed by atoms with Gasteiger partial charge in [0.1, 0.15) is 0 Å². The van der Waals surface area contributed by atoms with Gasteiger partial charge in [-0.1, -0.05) is 18.2 Å². The lowest BCUT2D eigenvalue weighted by Gasteiger charge is -2.30. The van der Waals surface area contributed by atoms with Gasteiger partial charge in [0.2, 0.25) is 10.0 Å². The molecule has 2 aromatic rings. The minimum atomic E-state index is -3.70. The highest BCUT2D eigenvalue weighted by Gasteiger charge is 2.29. The van der Waals surface area contributed by atoms with E-state index in [9.17, 15) is 13.2 Å². The van der Waals surface area contributed by atoms with Crippen LogP contribution in [0, 0.1) is 18.3 Å². The van der Waals surface area contributed by atoms with Crippen LogP contribution in [0.25, 0.3) is 0 Å². The number of sulfonamides is 1. The molecule has 1 heterocycles. The minimum Gasteiger partial charge on any atom is -0.379 e. The van der Waals surface area contributed by atoms with Crippen molar-refractivity contribution in [1.82, 2.24) is 9.21 Å². The lowest BCUT2D eigenvalue weighted by molar-refractivity contribution is 0.0700. The van der Waals surface area contributed by atoms with Crippen LogP contribution in [-0.4, -0.2) is 56.4 Å². The first-order valence-electron chi connectivity index (χ1n) is 10.3. The Balaban J connectivity index is 1.92. The second-order valence-electron chi connectivity index (χ2n) is 7.49. The van der Waals surface area contributed by atoms with Crippen molar-refractivity contribution in [3.63, 3.8) is 0 Å². The zero-order valence-electron chi connectivity index (χ0n) is 18.0. The fourth-order valence-corrected chi connectivity index (χ4v) is 5.13. The van der Waals surface area contributed by atoms with Crippen LogP contribution in [0.15, 0.2) is 47.4 Å². The number of amides is 1. The van der Waals surface area contributed by atoms with Gasteiger partial charge in [-0.05, 0) is 56.2 Å². The fraction of sp³-hybridized carbons (Fsp3) is 0.391. The average molecular weight is 442 g/mol. The monoisotopic (exact) mass is 441 g/mol. The second-order valence-corrected chi connectivity index (χ2v) is 9.43. The van der Waals surface area contributed by atoms with Crippen molar-refractivity contribution in [3.8, 4) is 6.07 Å². The molecule has 0 aliphatic carbocycles. The summed E-state index contributed by atoms with van der Waals surface area (Å²) in [5, 5.41) is 9.00. The van der Waals surface area contributed by atoms with Gasteiger partial charge in [0.25, 0.3) is 5.91 Å². The van der Waals surface area contributed by atoms with E-state index in [-0.39, 0.29) is 16.8 Å². The summed E-state index contributed by atoms with van der Waals surface area (Å²) in [5.74, 6) is -0.226. The topological polar surface area (TPSA) is 90.7 Å². The maximum Gasteiger partial charge on any atom is 0.254 e. The first kappa shape index (κ1) is 22.9. The van der Waals surface area contributed by atoms with Crippen LogP contribution in [-0.2, 0) is 14.8 Å². The molecule has 1 aliphatic heterocycles. The van der Waals surface area contributed by atoms with Crippen molar-refractivity contribution in [3.05, 3.63) is 64.7 Å². The number of morpholine rings is 1. The van der Waals surface area contributed by atoms with Crippen molar-refractivity contribution < 1.29 is 17.9 Å². The van der Waals surface area contributed by atoms with Crippen molar-refractivity contribution >= 4 is 15.9 Å². The Morgan fingerprint density at radius 1 is 1.19 bits per heavy atom. The zero-order chi connectivity index (χ0) is 22.6. The molecule has 0 radical (unpaired) electrons. The lowest BCUT2D eigenvalue weighted by Crippen LogP contribution is -2.40. The summed E-state index contributed by atoms with van der Waals surface area (Å²) < 4.78 is 32.7. The van der Waals surface area contributed by atoms with Gasteiger partial charge in [-0.15, -0.1) is 0 Å². The van der Waals surface area contributed by atoms with Crippen LogP contribution in [0.2, 0.25) is 0 Å². The molecule has 0 saturated carbocycles. The number of hydrogen-bond acceptors (Lipinski definition) is 5. The standard InChI is InChI=1S/C23H27N3O4S/c1-4-26(18(3)20-8-6-19(16-24)7-9-20)23(27)22-15-21(10-5-17(22)2)31(28,29)25-11-13-30-14-12-25/h5-10,15,18H,4,11-14H2,1-3H3. The molecule has 1 amide bonds. The number of ether oxygens (including phenoxy) is 1. The normalized spacial score (nSPS) is 15.8. The molecule has 0 aromatic heterocycles. The number of aryl methyl sites for hydroxylation is 1. The summed E-state index contributed by atoms with van der Waals surface area (Å²) >= 11 is 0. The lowest BCUT2D eigenvalue weighted by atomic mass is 10.0. The number of benzene rings is 2. The maximum absolute atomic E-state index is 13.4. The van der Waals surface area contributed by atoms with Gasteiger partial charge in [-0.25, -0.2) is 8.42 Å². The van der Waals surface area contributed by atoms with E-state index in [1.165, 1.54) is 10.4 Å². The van der Waals surface area contributed by atoms with Gasteiger partial charge in [0, 0.05) is 25.2 Å². The molecule has 1 unspecified atom stereocenters. The van der Waals surface area contributed by atoms with Crippen LogP contribution in [0.5, 0.6) is 0 Å². The Morgan fingerprint density at radius 3 is 2.42 bits per heavy atom. The zero-order valence-corrected chi connectivity index (χ0v) is 18.9. The quantitative estimate of drug-likeness (QED) is 0.687. The molecule has 2 aromatic carbocycles. The molecule has 1 atom stereocenters. The molecule has 1 saturated heterocycles. The number of nitriles is 1. The Hall–Kier alpha value is -2.73. The highest BCUT2D eigenvalue weighted by Crippen LogP contribution is 2.26. The molecule has 0 spiro atoms. The van der Waals surface area contributed by atoms with E-state index in [1.54, 1.807) is 36.1 Å². The molecule has 0 bridgehead atoms. The summed E-state index contributed by atoms with van der Waals surface area (Å²) in [6.45, 7) is 7.41. The predicted octanol–water partition coefficient (Wildman–Crippen LogP) is 3.11. The van der Waals surface area contributed by atoms with Gasteiger partial charge in [-0.2, -0.15) is 9.57 Å². The van der Waals surface area contributed by atoms with Crippen molar-refractivity contribution in [2.24, 2.45) is 0 Å². The van der Waals surface area contributed by atoms with E-state index in [4.69, 9.17) is 10.00 Å². The summed E-state index contributed by atoms with van der Waals surface area (Å²) in [5.41, 5.74) is 2.55. The Labute approximate surface area is 183 Å². The van der Waals surface area contributed by atoms with Crippen LogP contribution in [0.1, 0.15) is 46.9 Å². The predicted molar refractivity (Wildman–Crippen MR) is 117 cm³/mol. The summed E-state index contributed by atoms with van der Waals surface area (Å²) in [6, 6.07) is 13.7. The molecule has 1 aliphatic rings. The number of rotatable bonds is 6. The number of hydrogen-bond donors (Lipinski definition) is 0. The first-order valence-corrected chi connectivity index (χ1v) is 11.7. The van der Waals surface area contributed by atoms with Crippen LogP contribution >= 0.6 is 0 Å². The molecule has 7 nitrogen and oxygen atoms in total. The van der Waals surface area contributed by atoms with Gasteiger partial charge in [-0.3, -0.25) is 4.79 Å². The van der Waals surface area contributed by atoms with Gasteiger partial charge < -0.3 is 9.64 Å². The third-order valence-corrected chi connectivity index (χ3v) is 7.53. The third-order valence-electron chi connectivity index (χ3n) is 5.64. The second kappa shape index (κ2) is 9.60. The number of nitrogens with zero attached hydrogens (tertiary/aromatic N) is 3. The Bertz CT molecular complexity index is 1080. The van der Waals surface area contributed by atoms with Gasteiger partial charge in [0.05, 0.1) is 35.8 Å². The maximum atomic E-state index is 13.4. The van der Waals surface area contributed by atoms with E-state index in [0.717, 1.165) is 11.1 Å². The summed E-state index contributed by atoms with van der Waals surface area (Å²) in [4.78, 5) is 15.3. The van der Waals surface area contributed by atoms with E-state index in [0.29, 0.717) is 44.0 Å². The molecule has 3 rings (SSSR count). The highest BCUT2D eigenvalue weighted by molar-refractivity contribution is 7.89. The number of carbonyl (C=O) groups is 1. The average Bonchev–Trinajstić information content (AvgIpc) is 2.80. The fourth-order valence-electron chi connectivity index (χ4n) is 3.69. The smallest absolute Gasteiger partial charge is 0.254 e. The van der Waals surface area contributed by atoms with E-state index in [2.05, 4.69) is 6.07 Å². The first-order chi connectivity index (χ1) is 14.8. The molecular weight excluding hydrogens is 414 g/mol. The van der Waals surface area contributed by atoms with Crippen molar-refractivity contribution in [2.45, 2.75) is 31.7 Å². The molecule has 1 fully saturated rings. The van der Waals surface area contributed by atoms with Gasteiger partial charge in [0.15, 0.2) is 0 Å². The van der Waals surface area contributed by atoms with Crippen LogP contribution in [0.4, 0.5) is 0 Å². The largest absolute Gasteiger partial charge is 0.379 e. The van der Waals surface area contributed by atoms with Crippen LogP contribution in [0.3, 0.4) is 0 Å². The van der Waals surface area contributed by atoms with Crippen molar-refractivity contribution in [1.29, 1.82) is 5.26 Å². The highest BCUT2D eigenvalue weighted by atomic mass is 32.2. The molecule has 8 heteroatoms. The van der Waals surface area contributed by atoms with E-state index < -0.39 is 10.0 Å². The summed E-state index contributed by atoms with van der Waals surface area (Å²) in [7, 11) is -3.70. The molecule has 164 valence electrons. The van der Waals surface area contributed by atoms with Gasteiger partial charge >= 0.3 is 0 Å². The Morgan fingerprint density at radius 2 is 1.84 bits per heavy atom. The van der Waals surface area contributed by atoms with Crippen LogP contribution < -0.4 is 0 Å². The molecule has 31 heavy (non-hydrogen) atoms. The summed E-state index contributed by atoms with van der Waals surface area (Å²) in [6.07, 6.45) is 0. The molecule has 0 N–H and O–H groups in total. The van der Waals surface area contributed by atoms with E-state index in [1.807, 2.05) is 26.0 Å². The van der Waals surface area contributed by atoms with E-state index >= 15 is 0 Å². The minimum absolute atomic E-state index is 0.116. The third kappa shape index (κ3) is 4.79. The molecular formula is C23H27N3O4S. The number of carbonyl (C=O) groups excluding carboxylic acids is 1. The Kier molecular flexibility index (Phi) is 7.11. The SMILES string of the molecule is CCN(C(=O)c1cc(S(=O)(=O)N2CCOCC2)ccc1C)C(C)c1ccc(C#N)cc1.